The van der Waals surface area contributed by atoms with Crippen LogP contribution in [0.15, 0.2) is 30.7 Å². The van der Waals surface area contributed by atoms with Gasteiger partial charge in [-0.05, 0) is 77.2 Å². The van der Waals surface area contributed by atoms with Crippen LogP contribution in [0.3, 0.4) is 0 Å². The number of fused-ring (bicyclic) bond motifs is 1. The third-order valence-corrected chi connectivity index (χ3v) is 7.20. The average molecular weight is 525 g/mol. The van der Waals surface area contributed by atoms with Crippen molar-refractivity contribution in [1.29, 1.82) is 0 Å². The smallest absolute Gasteiger partial charge is 0.413 e. The fourth-order valence-corrected chi connectivity index (χ4v) is 5.44. The number of carbonyl (C=O) groups is 2. The van der Waals surface area contributed by atoms with Crippen molar-refractivity contribution in [2.45, 2.75) is 51.6 Å². The number of aromatic nitrogens is 3. The van der Waals surface area contributed by atoms with Crippen LogP contribution < -0.4 is 5.32 Å². The van der Waals surface area contributed by atoms with Gasteiger partial charge < -0.3 is 19.1 Å². The highest BCUT2D eigenvalue weighted by Gasteiger charge is 2.32. The molecule has 0 spiro atoms. The Morgan fingerprint density at radius 2 is 1.92 bits per heavy atom. The molecule has 1 N–H and O–H groups in total. The highest BCUT2D eigenvalue weighted by atomic mass is 35.5. The Morgan fingerprint density at radius 1 is 1.14 bits per heavy atom. The van der Waals surface area contributed by atoms with Crippen LogP contribution in [0.1, 0.15) is 61.9 Å². The van der Waals surface area contributed by atoms with Gasteiger partial charge in [-0.3, -0.25) is 10.1 Å². The minimum atomic E-state index is -0.623. The number of rotatable bonds is 4. The van der Waals surface area contributed by atoms with E-state index >= 15 is 0 Å². The van der Waals surface area contributed by atoms with E-state index in [0.29, 0.717) is 22.2 Å². The lowest BCUT2D eigenvalue weighted by atomic mass is 9.85. The number of nitrogens with one attached hydrogen (secondary N) is 1. The molecule has 3 aromatic rings. The monoisotopic (exact) mass is 524 g/mol. The van der Waals surface area contributed by atoms with E-state index < -0.39 is 11.7 Å². The van der Waals surface area contributed by atoms with E-state index in [2.05, 4.69) is 27.2 Å². The molecule has 1 unspecified atom stereocenters. The first-order chi connectivity index (χ1) is 17.6. The average Bonchev–Trinajstić information content (AvgIpc) is 3.19. The molecule has 196 valence electrons. The van der Waals surface area contributed by atoms with E-state index in [-0.39, 0.29) is 11.8 Å². The molecule has 0 radical (unpaired) electrons. The maximum absolute atomic E-state index is 13.5. The van der Waals surface area contributed by atoms with Gasteiger partial charge >= 0.3 is 6.09 Å². The standard InChI is InChI=1S/C27H33ClN6O3/c1-27(2,3)37-26(36)31-21-14-22(30-16-29-21)34-12-8-18-20(34)13-19(28)24(25(35)33-10-6-11-33)23(18)17-7-5-9-32(4)15-17/h8,12-14,16-17H,5-7,9-11,15H2,1-4H3,(H,29,30,31,36). The van der Waals surface area contributed by atoms with E-state index in [1.165, 1.54) is 6.33 Å². The summed E-state index contributed by atoms with van der Waals surface area (Å²) in [6.45, 7) is 8.87. The minimum Gasteiger partial charge on any atom is -0.444 e. The summed E-state index contributed by atoms with van der Waals surface area (Å²) in [5, 5.41) is 4.12. The molecule has 2 aromatic heterocycles. The molecule has 0 saturated carbocycles. The normalized spacial score (nSPS) is 18.5. The summed E-state index contributed by atoms with van der Waals surface area (Å²) in [6, 6.07) is 5.57. The third-order valence-electron chi connectivity index (χ3n) is 6.91. The predicted molar refractivity (Wildman–Crippen MR) is 144 cm³/mol. The van der Waals surface area contributed by atoms with Crippen LogP contribution in [0.2, 0.25) is 5.02 Å². The fourth-order valence-electron chi connectivity index (χ4n) is 5.15. The van der Waals surface area contributed by atoms with Gasteiger partial charge in [-0.1, -0.05) is 11.6 Å². The number of nitrogens with zero attached hydrogens (tertiary/aromatic N) is 5. The molecule has 4 heterocycles. The lowest BCUT2D eigenvalue weighted by Gasteiger charge is -2.35. The van der Waals surface area contributed by atoms with Gasteiger partial charge in [0.1, 0.15) is 23.6 Å². The molecule has 2 fully saturated rings. The van der Waals surface area contributed by atoms with E-state index in [4.69, 9.17) is 16.3 Å². The zero-order chi connectivity index (χ0) is 26.3. The predicted octanol–water partition coefficient (Wildman–Crippen LogP) is 5.08. The topological polar surface area (TPSA) is 92.6 Å². The Hall–Kier alpha value is -3.17. The lowest BCUT2D eigenvalue weighted by molar-refractivity contribution is 0.0631. The van der Waals surface area contributed by atoms with Crippen LogP contribution in [0.25, 0.3) is 16.7 Å². The summed E-state index contributed by atoms with van der Waals surface area (Å²) in [6.07, 6.45) is 5.83. The summed E-state index contributed by atoms with van der Waals surface area (Å²) >= 11 is 6.88. The van der Waals surface area contributed by atoms with Crippen molar-refractivity contribution in [2.24, 2.45) is 0 Å². The van der Waals surface area contributed by atoms with Gasteiger partial charge in [0.25, 0.3) is 5.91 Å². The van der Waals surface area contributed by atoms with Crippen LogP contribution in [-0.2, 0) is 4.74 Å². The maximum Gasteiger partial charge on any atom is 0.413 e. The van der Waals surface area contributed by atoms with Crippen molar-refractivity contribution >= 4 is 40.3 Å². The van der Waals surface area contributed by atoms with Crippen molar-refractivity contribution in [3.63, 3.8) is 0 Å². The molecule has 0 aliphatic carbocycles. The number of likely N-dealkylation sites (tertiary alicyclic amines) is 2. The second-order valence-electron chi connectivity index (χ2n) is 10.9. The van der Waals surface area contributed by atoms with E-state index in [9.17, 15) is 9.59 Å². The largest absolute Gasteiger partial charge is 0.444 e. The summed E-state index contributed by atoms with van der Waals surface area (Å²) in [5.74, 6) is 1.11. The summed E-state index contributed by atoms with van der Waals surface area (Å²) < 4.78 is 7.26. The fraction of sp³-hybridized carbons (Fsp3) is 0.481. The lowest BCUT2D eigenvalue weighted by Crippen LogP contribution is -2.43. The van der Waals surface area contributed by atoms with Gasteiger partial charge in [0, 0.05) is 37.3 Å². The van der Waals surface area contributed by atoms with Crippen molar-refractivity contribution in [1.82, 2.24) is 24.3 Å². The number of benzene rings is 1. The molecule has 2 amide bonds. The number of anilines is 1. The Balaban J connectivity index is 1.57. The second kappa shape index (κ2) is 9.95. The Labute approximate surface area is 221 Å². The van der Waals surface area contributed by atoms with Crippen molar-refractivity contribution in [3.05, 3.63) is 46.9 Å². The Bertz CT molecular complexity index is 1340. The van der Waals surface area contributed by atoms with Crippen LogP contribution in [0.5, 0.6) is 0 Å². The van der Waals surface area contributed by atoms with Crippen molar-refractivity contribution in [2.75, 3.05) is 38.5 Å². The molecule has 2 aliphatic rings. The van der Waals surface area contributed by atoms with E-state index in [1.807, 2.05) is 27.8 Å². The zero-order valence-electron chi connectivity index (χ0n) is 21.8. The molecule has 2 saturated heterocycles. The molecule has 9 nitrogen and oxygen atoms in total. The number of amides is 2. The number of halogens is 1. The number of likely N-dealkylation sites (N-methyl/N-ethyl adjacent to an activating group) is 1. The summed E-state index contributed by atoms with van der Waals surface area (Å²) in [4.78, 5) is 38.6. The molecular weight excluding hydrogens is 492 g/mol. The molecule has 1 atom stereocenters. The van der Waals surface area contributed by atoms with Crippen LogP contribution >= 0.6 is 11.6 Å². The van der Waals surface area contributed by atoms with Gasteiger partial charge in [-0.15, -0.1) is 0 Å². The highest BCUT2D eigenvalue weighted by Crippen LogP contribution is 2.40. The first-order valence-corrected chi connectivity index (χ1v) is 13.1. The highest BCUT2D eigenvalue weighted by molar-refractivity contribution is 6.35. The molecular formula is C27H33ClN6O3. The second-order valence-corrected chi connectivity index (χ2v) is 11.3. The van der Waals surface area contributed by atoms with Gasteiger partial charge in [0.05, 0.1) is 16.1 Å². The number of piperidine rings is 1. The number of hydrogen-bond donors (Lipinski definition) is 1. The SMILES string of the molecule is CN1CCCC(c2c(C(=O)N3CCC3)c(Cl)cc3c2ccn3-c2cc(NC(=O)OC(C)(C)C)ncn2)C1. The van der Waals surface area contributed by atoms with Gasteiger partial charge in [-0.25, -0.2) is 14.8 Å². The van der Waals surface area contributed by atoms with Gasteiger partial charge in [0.15, 0.2) is 0 Å². The van der Waals surface area contributed by atoms with Crippen LogP contribution in [0, 0.1) is 0 Å². The molecule has 0 bridgehead atoms. The third kappa shape index (κ3) is 5.29. The zero-order valence-corrected chi connectivity index (χ0v) is 22.5. The maximum atomic E-state index is 13.5. The van der Waals surface area contributed by atoms with Gasteiger partial charge in [-0.2, -0.15) is 0 Å². The van der Waals surface area contributed by atoms with E-state index in [0.717, 1.165) is 61.9 Å². The van der Waals surface area contributed by atoms with Crippen molar-refractivity contribution in [3.8, 4) is 5.82 Å². The number of hydrogen-bond acceptors (Lipinski definition) is 6. The number of carbonyl (C=O) groups excluding carboxylic acids is 2. The molecule has 10 heteroatoms. The van der Waals surface area contributed by atoms with Crippen molar-refractivity contribution < 1.29 is 14.3 Å². The quantitative estimate of drug-likeness (QED) is 0.512. The van der Waals surface area contributed by atoms with Crippen LogP contribution in [-0.4, -0.2) is 75.2 Å². The summed E-state index contributed by atoms with van der Waals surface area (Å²) in [5.41, 5.74) is 1.88. The first-order valence-electron chi connectivity index (χ1n) is 12.7. The minimum absolute atomic E-state index is 0.0139. The molecule has 1 aromatic carbocycles. The first kappa shape index (κ1) is 25.5. The number of ether oxygens (including phenoxy) is 1. The van der Waals surface area contributed by atoms with Gasteiger partial charge in [0.2, 0.25) is 0 Å². The summed E-state index contributed by atoms with van der Waals surface area (Å²) in [7, 11) is 2.12. The Kier molecular flexibility index (Phi) is 6.85. The molecule has 37 heavy (non-hydrogen) atoms. The molecule has 5 rings (SSSR count). The van der Waals surface area contributed by atoms with Crippen LogP contribution in [0.4, 0.5) is 10.6 Å². The Morgan fingerprint density at radius 3 is 2.59 bits per heavy atom. The molecule has 2 aliphatic heterocycles. The van der Waals surface area contributed by atoms with E-state index in [1.54, 1.807) is 26.8 Å².